The Morgan fingerprint density at radius 3 is 2.70 bits per heavy atom. The number of H-pyrrole nitrogens is 1. The lowest BCUT2D eigenvalue weighted by molar-refractivity contribution is 0.190. The number of nitrogens with zero attached hydrogens (tertiary/aromatic N) is 5. The number of ether oxygens (including phenoxy) is 1. The quantitative estimate of drug-likeness (QED) is 0.510. The van der Waals surface area contributed by atoms with Gasteiger partial charge in [0.25, 0.3) is 5.56 Å². The molecule has 156 valence electrons. The zero-order valence-corrected chi connectivity index (χ0v) is 17.7. The number of aromatic nitrogens is 6. The van der Waals surface area contributed by atoms with Crippen molar-refractivity contribution in [2.24, 2.45) is 7.05 Å². The molecule has 1 N–H and O–H groups in total. The number of hydrogen-bond donors (Lipinski definition) is 1. The molecule has 1 aromatic carbocycles. The average Bonchev–Trinajstić information content (AvgIpc) is 3.37. The van der Waals surface area contributed by atoms with E-state index in [1.165, 1.54) is 12.3 Å². The van der Waals surface area contributed by atoms with Crippen LogP contribution in [0.2, 0.25) is 5.02 Å². The maximum absolute atomic E-state index is 11.5. The van der Waals surface area contributed by atoms with Crippen molar-refractivity contribution in [3.63, 3.8) is 0 Å². The van der Waals surface area contributed by atoms with Gasteiger partial charge >= 0.3 is 6.01 Å². The number of rotatable bonds is 5. The van der Waals surface area contributed by atoms with Crippen LogP contribution in [0.15, 0.2) is 51.9 Å². The molecule has 0 saturated carbocycles. The molecule has 0 aliphatic carbocycles. The van der Waals surface area contributed by atoms with Crippen molar-refractivity contribution < 1.29 is 9.26 Å². The van der Waals surface area contributed by atoms with Gasteiger partial charge in [0.05, 0.1) is 6.20 Å². The number of nitrogens with one attached hydrogen (secondary N) is 1. The van der Waals surface area contributed by atoms with Crippen LogP contribution in [0.25, 0.3) is 22.7 Å². The summed E-state index contributed by atoms with van der Waals surface area (Å²) in [6, 6.07) is 10.7. The summed E-state index contributed by atoms with van der Waals surface area (Å²) < 4.78 is 12.9. The molecule has 4 rings (SSSR count). The van der Waals surface area contributed by atoms with Gasteiger partial charge in [-0.25, -0.2) is 5.10 Å². The summed E-state index contributed by atoms with van der Waals surface area (Å²) in [5.74, 6) is 1.04. The predicted octanol–water partition coefficient (Wildman–Crippen LogP) is 4.04. The highest BCUT2D eigenvalue weighted by Crippen LogP contribution is 2.28. The minimum Gasteiger partial charge on any atom is -0.454 e. The van der Waals surface area contributed by atoms with Crippen LogP contribution in [-0.2, 0) is 7.05 Å². The Morgan fingerprint density at radius 1 is 1.17 bits per heavy atom. The average molecular weight is 429 g/mol. The molecule has 0 aliphatic rings. The maximum atomic E-state index is 11.5. The normalized spacial score (nSPS) is 11.5. The summed E-state index contributed by atoms with van der Waals surface area (Å²) in [6.45, 7) is 5.82. The van der Waals surface area contributed by atoms with Gasteiger partial charge < -0.3 is 9.26 Å². The molecule has 0 spiro atoms. The van der Waals surface area contributed by atoms with Crippen LogP contribution in [0.5, 0.6) is 6.01 Å². The van der Waals surface area contributed by atoms with Crippen LogP contribution in [-0.4, -0.2) is 30.1 Å². The Hall–Kier alpha value is -3.46. The van der Waals surface area contributed by atoms with E-state index in [-0.39, 0.29) is 11.6 Å². The topological polar surface area (TPSA) is 112 Å². The maximum Gasteiger partial charge on any atom is 0.317 e. The molecular formula is C20H21ClN6O3. The molecule has 0 radical (unpaired) electrons. The minimum absolute atomic E-state index is 0.273. The fourth-order valence-corrected chi connectivity index (χ4v) is 2.83. The molecule has 0 fully saturated rings. The fourth-order valence-electron chi connectivity index (χ4n) is 2.64. The van der Waals surface area contributed by atoms with E-state index in [9.17, 15) is 4.79 Å². The van der Waals surface area contributed by atoms with Crippen molar-refractivity contribution in [1.82, 2.24) is 30.1 Å². The SMILES string of the molecule is CC.CC(Oc1nnc(-c2cn[nH]c(=O)c2)n1C)c1cc(-c2cccc(Cl)c2)on1. The van der Waals surface area contributed by atoms with Crippen molar-refractivity contribution >= 4 is 11.6 Å². The Kier molecular flexibility index (Phi) is 6.63. The van der Waals surface area contributed by atoms with Crippen molar-refractivity contribution in [1.29, 1.82) is 0 Å². The molecule has 0 aliphatic heterocycles. The van der Waals surface area contributed by atoms with E-state index < -0.39 is 6.10 Å². The van der Waals surface area contributed by atoms with Crippen LogP contribution < -0.4 is 10.3 Å². The number of halogens is 1. The largest absolute Gasteiger partial charge is 0.454 e. The molecular weight excluding hydrogens is 408 g/mol. The first-order valence-electron chi connectivity index (χ1n) is 9.35. The van der Waals surface area contributed by atoms with E-state index in [1.54, 1.807) is 29.8 Å². The lowest BCUT2D eigenvalue weighted by Crippen LogP contribution is -2.09. The van der Waals surface area contributed by atoms with E-state index in [0.29, 0.717) is 27.9 Å². The summed E-state index contributed by atoms with van der Waals surface area (Å²) >= 11 is 6.02. The zero-order valence-electron chi connectivity index (χ0n) is 17.0. The zero-order chi connectivity index (χ0) is 21.7. The first-order chi connectivity index (χ1) is 14.5. The second-order valence-electron chi connectivity index (χ2n) is 6.09. The van der Waals surface area contributed by atoms with E-state index in [4.69, 9.17) is 20.9 Å². The summed E-state index contributed by atoms with van der Waals surface area (Å²) in [7, 11) is 1.73. The van der Waals surface area contributed by atoms with E-state index >= 15 is 0 Å². The number of hydrogen-bond acceptors (Lipinski definition) is 7. The minimum atomic E-state index is -0.440. The lowest BCUT2D eigenvalue weighted by Gasteiger charge is -2.10. The van der Waals surface area contributed by atoms with E-state index in [0.717, 1.165) is 5.56 Å². The van der Waals surface area contributed by atoms with Crippen LogP contribution in [0.3, 0.4) is 0 Å². The summed E-state index contributed by atoms with van der Waals surface area (Å²) in [4.78, 5) is 11.5. The monoisotopic (exact) mass is 428 g/mol. The van der Waals surface area contributed by atoms with Gasteiger partial charge in [-0.15, -0.1) is 5.10 Å². The molecule has 0 bridgehead atoms. The Labute approximate surface area is 177 Å². The molecule has 10 heteroatoms. The molecule has 1 unspecified atom stereocenters. The highest BCUT2D eigenvalue weighted by atomic mass is 35.5. The molecule has 0 amide bonds. The van der Waals surface area contributed by atoms with Crippen molar-refractivity contribution in [3.8, 4) is 28.7 Å². The molecule has 4 aromatic rings. The lowest BCUT2D eigenvalue weighted by atomic mass is 10.1. The summed E-state index contributed by atoms with van der Waals surface area (Å²) in [5.41, 5.74) is 1.62. The van der Waals surface area contributed by atoms with E-state index in [1.807, 2.05) is 32.9 Å². The van der Waals surface area contributed by atoms with Gasteiger partial charge in [0.15, 0.2) is 11.6 Å². The van der Waals surface area contributed by atoms with E-state index in [2.05, 4.69) is 25.6 Å². The molecule has 1 atom stereocenters. The van der Waals surface area contributed by atoms with Gasteiger partial charge in [-0.2, -0.15) is 5.10 Å². The number of aromatic amines is 1. The Morgan fingerprint density at radius 2 is 1.97 bits per heavy atom. The highest BCUT2D eigenvalue weighted by Gasteiger charge is 2.19. The Bertz CT molecular complexity index is 1180. The second-order valence-corrected chi connectivity index (χ2v) is 6.52. The van der Waals surface area contributed by atoms with Gasteiger partial charge in [-0.1, -0.05) is 47.8 Å². The van der Waals surface area contributed by atoms with Crippen molar-refractivity contribution in [2.45, 2.75) is 26.9 Å². The third kappa shape index (κ3) is 4.57. The summed E-state index contributed by atoms with van der Waals surface area (Å²) in [5, 5.41) is 18.9. The third-order valence-electron chi connectivity index (χ3n) is 4.09. The standard InChI is InChI=1S/C18H15ClN6O3.C2H6/c1-10(14-8-15(28-24-14)11-4-3-5-13(19)6-11)27-18-23-22-17(25(18)2)12-7-16(26)21-20-9-12;1-2/h3-10H,1-2H3,(H,21,26);1-2H3. The first kappa shape index (κ1) is 21.3. The van der Waals surface area contributed by atoms with Gasteiger partial charge in [0, 0.05) is 35.3 Å². The van der Waals surface area contributed by atoms with Crippen LogP contribution in [0.4, 0.5) is 0 Å². The van der Waals surface area contributed by atoms with Gasteiger partial charge in [-0.05, 0) is 19.1 Å². The molecule has 3 heterocycles. The highest BCUT2D eigenvalue weighted by molar-refractivity contribution is 6.30. The van der Waals surface area contributed by atoms with Crippen molar-refractivity contribution in [2.75, 3.05) is 0 Å². The van der Waals surface area contributed by atoms with Crippen molar-refractivity contribution in [3.05, 3.63) is 63.7 Å². The summed E-state index contributed by atoms with van der Waals surface area (Å²) in [6.07, 6.45) is 1.05. The second kappa shape index (κ2) is 9.36. The van der Waals surface area contributed by atoms with Crippen LogP contribution >= 0.6 is 11.6 Å². The molecule has 30 heavy (non-hydrogen) atoms. The predicted molar refractivity (Wildman–Crippen MR) is 112 cm³/mol. The molecule has 9 nitrogen and oxygen atoms in total. The Balaban J connectivity index is 0.00000124. The van der Waals surface area contributed by atoms with Crippen LogP contribution in [0, 0.1) is 0 Å². The fraction of sp³-hybridized carbons (Fsp3) is 0.250. The first-order valence-corrected chi connectivity index (χ1v) is 9.73. The van der Waals surface area contributed by atoms with Crippen LogP contribution in [0.1, 0.15) is 32.6 Å². The van der Waals surface area contributed by atoms with Gasteiger partial charge in [-0.3, -0.25) is 9.36 Å². The smallest absolute Gasteiger partial charge is 0.317 e. The van der Waals surface area contributed by atoms with Gasteiger partial charge in [0.2, 0.25) is 0 Å². The third-order valence-corrected chi connectivity index (χ3v) is 4.33. The molecule has 3 aromatic heterocycles. The molecule has 0 saturated heterocycles. The van der Waals surface area contributed by atoms with Gasteiger partial charge in [0.1, 0.15) is 11.8 Å². The number of benzene rings is 1.